The Morgan fingerprint density at radius 3 is 3.08 bits per heavy atom. The number of fused-ring (bicyclic) bond motifs is 1. The third-order valence-corrected chi connectivity index (χ3v) is 5.64. The predicted octanol–water partition coefficient (Wildman–Crippen LogP) is 3.58. The van der Waals surface area contributed by atoms with E-state index >= 15 is 0 Å². The van der Waals surface area contributed by atoms with Gasteiger partial charge in [0.25, 0.3) is 5.91 Å². The van der Waals surface area contributed by atoms with E-state index in [-0.39, 0.29) is 5.91 Å². The highest BCUT2D eigenvalue weighted by Crippen LogP contribution is 2.28. The summed E-state index contributed by atoms with van der Waals surface area (Å²) < 4.78 is 0. The molecule has 4 rings (SSSR count). The van der Waals surface area contributed by atoms with Gasteiger partial charge < -0.3 is 10.2 Å². The maximum absolute atomic E-state index is 12.6. The Labute approximate surface area is 153 Å². The monoisotopic (exact) mass is 371 g/mol. The SMILES string of the molecule is CN1CCc2nc(NC(=O)c3cccc(Nc4nccs4)c3)sc2C1. The zero-order valence-corrected chi connectivity index (χ0v) is 15.3. The van der Waals surface area contributed by atoms with Gasteiger partial charge in [-0.2, -0.15) is 0 Å². The molecule has 0 radical (unpaired) electrons. The van der Waals surface area contributed by atoms with Crippen LogP contribution in [-0.2, 0) is 13.0 Å². The van der Waals surface area contributed by atoms with Crippen LogP contribution in [0.1, 0.15) is 20.9 Å². The molecule has 3 heterocycles. The summed E-state index contributed by atoms with van der Waals surface area (Å²) in [5.74, 6) is -0.151. The van der Waals surface area contributed by atoms with Crippen molar-refractivity contribution < 1.29 is 4.79 Å². The molecular formula is C17H17N5OS2. The number of amides is 1. The van der Waals surface area contributed by atoms with Crippen LogP contribution in [0.25, 0.3) is 0 Å². The third-order valence-electron chi connectivity index (χ3n) is 3.95. The Bertz CT molecular complexity index is 890. The smallest absolute Gasteiger partial charge is 0.257 e. The van der Waals surface area contributed by atoms with Crippen LogP contribution in [-0.4, -0.2) is 34.4 Å². The number of anilines is 3. The van der Waals surface area contributed by atoms with Crippen LogP contribution >= 0.6 is 22.7 Å². The van der Waals surface area contributed by atoms with E-state index in [4.69, 9.17) is 0 Å². The molecule has 3 aromatic rings. The van der Waals surface area contributed by atoms with Gasteiger partial charge in [-0.05, 0) is 25.2 Å². The first-order valence-corrected chi connectivity index (χ1v) is 9.62. The normalized spacial score (nSPS) is 14.1. The number of hydrogen-bond donors (Lipinski definition) is 2. The standard InChI is InChI=1S/C17H17N5OS2/c1-22-7-5-13-14(10-22)25-17(20-13)21-15(23)11-3-2-4-12(9-11)19-16-18-6-8-24-16/h2-4,6,8-9H,5,7,10H2,1H3,(H,18,19)(H,20,21,23). The number of aromatic nitrogens is 2. The fourth-order valence-electron chi connectivity index (χ4n) is 2.69. The van der Waals surface area contributed by atoms with Crippen molar-refractivity contribution in [3.8, 4) is 0 Å². The Balaban J connectivity index is 1.48. The van der Waals surface area contributed by atoms with E-state index in [1.807, 2.05) is 23.6 Å². The summed E-state index contributed by atoms with van der Waals surface area (Å²) in [5, 5.41) is 9.50. The largest absolute Gasteiger partial charge is 0.332 e. The summed E-state index contributed by atoms with van der Waals surface area (Å²) in [6.07, 6.45) is 2.68. The summed E-state index contributed by atoms with van der Waals surface area (Å²) in [7, 11) is 2.10. The average Bonchev–Trinajstić information content (AvgIpc) is 3.24. The molecule has 0 saturated heterocycles. The number of nitrogens with zero attached hydrogens (tertiary/aromatic N) is 3. The molecule has 0 atom stereocenters. The third kappa shape index (κ3) is 3.71. The fourth-order valence-corrected chi connectivity index (χ4v) is 4.33. The van der Waals surface area contributed by atoms with Crippen LogP contribution in [0.2, 0.25) is 0 Å². The lowest BCUT2D eigenvalue weighted by molar-refractivity contribution is 0.102. The molecule has 0 aliphatic carbocycles. The molecule has 1 aliphatic rings. The molecule has 0 unspecified atom stereocenters. The first-order valence-electron chi connectivity index (χ1n) is 7.92. The van der Waals surface area contributed by atoms with E-state index in [2.05, 4.69) is 32.5 Å². The first kappa shape index (κ1) is 16.2. The number of benzene rings is 1. The van der Waals surface area contributed by atoms with Crippen molar-refractivity contribution in [1.82, 2.24) is 14.9 Å². The lowest BCUT2D eigenvalue weighted by Crippen LogP contribution is -2.25. The highest BCUT2D eigenvalue weighted by atomic mass is 32.1. The van der Waals surface area contributed by atoms with Crippen LogP contribution in [0.5, 0.6) is 0 Å². The molecule has 0 saturated carbocycles. The summed E-state index contributed by atoms with van der Waals surface area (Å²) in [4.78, 5) is 24.8. The van der Waals surface area contributed by atoms with Gasteiger partial charge in [-0.1, -0.05) is 6.07 Å². The Hall–Kier alpha value is -2.29. The van der Waals surface area contributed by atoms with Gasteiger partial charge >= 0.3 is 0 Å². The fraction of sp³-hybridized carbons (Fsp3) is 0.235. The Kier molecular flexibility index (Phi) is 4.48. The molecule has 128 valence electrons. The van der Waals surface area contributed by atoms with Crippen molar-refractivity contribution >= 4 is 44.5 Å². The number of hydrogen-bond acceptors (Lipinski definition) is 7. The molecule has 0 bridgehead atoms. The minimum Gasteiger partial charge on any atom is -0.332 e. The van der Waals surface area contributed by atoms with Gasteiger partial charge in [-0.3, -0.25) is 10.1 Å². The van der Waals surface area contributed by atoms with E-state index in [0.717, 1.165) is 36.0 Å². The average molecular weight is 371 g/mol. The zero-order chi connectivity index (χ0) is 17.2. The molecule has 2 aromatic heterocycles. The van der Waals surface area contributed by atoms with E-state index in [1.54, 1.807) is 23.6 Å². The van der Waals surface area contributed by atoms with Gasteiger partial charge in [0.15, 0.2) is 10.3 Å². The molecule has 1 amide bonds. The molecular weight excluding hydrogens is 354 g/mol. The second kappa shape index (κ2) is 6.91. The quantitative estimate of drug-likeness (QED) is 0.733. The zero-order valence-electron chi connectivity index (χ0n) is 13.7. The first-order chi connectivity index (χ1) is 12.2. The molecule has 0 fully saturated rings. The number of rotatable bonds is 4. The Morgan fingerprint density at radius 1 is 1.32 bits per heavy atom. The van der Waals surface area contributed by atoms with Gasteiger partial charge in [0.2, 0.25) is 0 Å². The highest BCUT2D eigenvalue weighted by Gasteiger charge is 2.19. The van der Waals surface area contributed by atoms with Crippen LogP contribution in [0.4, 0.5) is 16.0 Å². The van der Waals surface area contributed by atoms with Crippen molar-refractivity contribution in [2.24, 2.45) is 0 Å². The van der Waals surface area contributed by atoms with Crippen molar-refractivity contribution in [3.05, 3.63) is 52.0 Å². The van der Waals surface area contributed by atoms with Gasteiger partial charge in [-0.25, -0.2) is 9.97 Å². The van der Waals surface area contributed by atoms with E-state index < -0.39 is 0 Å². The second-order valence-electron chi connectivity index (χ2n) is 5.87. The number of carbonyl (C=O) groups excluding carboxylic acids is 1. The number of likely N-dealkylation sites (N-methyl/N-ethyl adjacent to an activating group) is 1. The summed E-state index contributed by atoms with van der Waals surface area (Å²) in [6, 6.07) is 7.38. The predicted molar refractivity (Wildman–Crippen MR) is 102 cm³/mol. The second-order valence-corrected chi connectivity index (χ2v) is 7.85. The minimum absolute atomic E-state index is 0.151. The topological polar surface area (TPSA) is 70.2 Å². The molecule has 6 nitrogen and oxygen atoms in total. The lowest BCUT2D eigenvalue weighted by atomic mass is 10.2. The maximum atomic E-state index is 12.6. The molecule has 0 spiro atoms. The van der Waals surface area contributed by atoms with Crippen molar-refractivity contribution in [3.63, 3.8) is 0 Å². The highest BCUT2D eigenvalue weighted by molar-refractivity contribution is 7.16. The number of carbonyl (C=O) groups is 1. The lowest BCUT2D eigenvalue weighted by Gasteiger charge is -2.20. The van der Waals surface area contributed by atoms with Crippen LogP contribution in [0.3, 0.4) is 0 Å². The van der Waals surface area contributed by atoms with Crippen molar-refractivity contribution in [1.29, 1.82) is 0 Å². The van der Waals surface area contributed by atoms with E-state index in [0.29, 0.717) is 10.7 Å². The van der Waals surface area contributed by atoms with Crippen LogP contribution < -0.4 is 10.6 Å². The number of nitrogens with one attached hydrogen (secondary N) is 2. The van der Waals surface area contributed by atoms with Crippen LogP contribution in [0, 0.1) is 0 Å². The summed E-state index contributed by atoms with van der Waals surface area (Å²) in [5.41, 5.74) is 2.53. The van der Waals surface area contributed by atoms with E-state index in [9.17, 15) is 4.79 Å². The van der Waals surface area contributed by atoms with Gasteiger partial charge in [0.1, 0.15) is 0 Å². The number of thiazole rings is 2. The molecule has 8 heteroatoms. The molecule has 25 heavy (non-hydrogen) atoms. The van der Waals surface area contributed by atoms with Gasteiger partial charge in [-0.15, -0.1) is 22.7 Å². The molecule has 1 aromatic carbocycles. The summed E-state index contributed by atoms with van der Waals surface area (Å²) in [6.45, 7) is 1.91. The van der Waals surface area contributed by atoms with E-state index in [1.165, 1.54) is 16.2 Å². The van der Waals surface area contributed by atoms with Crippen molar-refractivity contribution in [2.45, 2.75) is 13.0 Å². The van der Waals surface area contributed by atoms with Gasteiger partial charge in [0, 0.05) is 47.2 Å². The molecule has 2 N–H and O–H groups in total. The Morgan fingerprint density at radius 2 is 2.24 bits per heavy atom. The minimum atomic E-state index is -0.151. The van der Waals surface area contributed by atoms with Crippen LogP contribution in [0.15, 0.2) is 35.8 Å². The van der Waals surface area contributed by atoms with Gasteiger partial charge in [0.05, 0.1) is 5.69 Å². The molecule has 1 aliphatic heterocycles. The van der Waals surface area contributed by atoms with Crippen molar-refractivity contribution in [2.75, 3.05) is 24.2 Å². The maximum Gasteiger partial charge on any atom is 0.257 e. The summed E-state index contributed by atoms with van der Waals surface area (Å²) >= 11 is 3.08.